The van der Waals surface area contributed by atoms with E-state index in [0.717, 1.165) is 88.3 Å². The molecule has 0 radical (unpaired) electrons. The van der Waals surface area contributed by atoms with Crippen LogP contribution in [0.4, 0.5) is 0 Å². The lowest BCUT2D eigenvalue weighted by molar-refractivity contribution is 0.799. The van der Waals surface area contributed by atoms with E-state index in [0.29, 0.717) is 0 Å². The van der Waals surface area contributed by atoms with E-state index in [1.165, 1.54) is 0 Å². The van der Waals surface area contributed by atoms with E-state index in [1.807, 2.05) is 6.20 Å². The number of hydrogen-bond acceptors (Lipinski definition) is 6. The van der Waals surface area contributed by atoms with E-state index in [1.54, 1.807) is 18.7 Å². The molecule has 8 heteroatoms. The quantitative estimate of drug-likeness (QED) is 0.232. The van der Waals surface area contributed by atoms with E-state index < -0.39 is 0 Å². The van der Waals surface area contributed by atoms with Gasteiger partial charge in [0, 0.05) is 52.0 Å². The first kappa shape index (κ1) is 23.0. The molecular weight excluding hydrogens is 496 g/mol. The second kappa shape index (κ2) is 8.26. The molecular formula is C32H26N8. The zero-order valence-electron chi connectivity index (χ0n) is 22.6. The Morgan fingerprint density at radius 1 is 0.550 bits per heavy atom. The summed E-state index contributed by atoms with van der Waals surface area (Å²) in [7, 11) is 0. The van der Waals surface area contributed by atoms with Crippen LogP contribution in [0.2, 0.25) is 0 Å². The van der Waals surface area contributed by atoms with Crippen molar-refractivity contribution in [2.75, 3.05) is 0 Å². The van der Waals surface area contributed by atoms with Gasteiger partial charge in [0.05, 0.1) is 33.1 Å². The summed E-state index contributed by atoms with van der Waals surface area (Å²) >= 11 is 0. The lowest BCUT2D eigenvalue weighted by Crippen LogP contribution is -1.90. The Kier molecular flexibility index (Phi) is 4.74. The predicted molar refractivity (Wildman–Crippen MR) is 161 cm³/mol. The van der Waals surface area contributed by atoms with Crippen molar-refractivity contribution in [2.45, 2.75) is 39.5 Å². The number of fused-ring (bicyclic) bond motifs is 12. The van der Waals surface area contributed by atoms with Crippen LogP contribution >= 0.6 is 0 Å². The Hall–Kier alpha value is -4.98. The topological polar surface area (TPSA) is 109 Å². The molecule has 0 aliphatic rings. The van der Waals surface area contributed by atoms with Gasteiger partial charge in [-0.2, -0.15) is 0 Å². The summed E-state index contributed by atoms with van der Waals surface area (Å²) in [5.74, 6) is 2.47. The SMILES string of the molecule is CC(C)c1nc2c3ccc(-c4ccc5c(c4)c4nccnc4c4[nH]c(C(C)C)nc54)cc3c3cncnc3c2[nH]1. The molecule has 0 amide bonds. The number of aromatic nitrogens is 8. The summed E-state index contributed by atoms with van der Waals surface area (Å²) in [6.45, 7) is 8.56. The Morgan fingerprint density at radius 3 is 1.77 bits per heavy atom. The van der Waals surface area contributed by atoms with Crippen molar-refractivity contribution < 1.29 is 0 Å². The van der Waals surface area contributed by atoms with Gasteiger partial charge in [-0.3, -0.25) is 9.97 Å². The first-order valence-electron chi connectivity index (χ1n) is 13.6. The summed E-state index contributed by atoms with van der Waals surface area (Å²) in [5.41, 5.74) is 8.55. The third-order valence-electron chi connectivity index (χ3n) is 7.85. The van der Waals surface area contributed by atoms with Gasteiger partial charge in [0.15, 0.2) is 0 Å². The molecule has 0 spiro atoms. The van der Waals surface area contributed by atoms with Crippen LogP contribution < -0.4 is 0 Å². The van der Waals surface area contributed by atoms with Gasteiger partial charge in [-0.25, -0.2) is 19.9 Å². The second-order valence-electron chi connectivity index (χ2n) is 11.1. The molecule has 0 saturated carbocycles. The predicted octanol–water partition coefficient (Wildman–Crippen LogP) is 7.55. The van der Waals surface area contributed by atoms with Gasteiger partial charge >= 0.3 is 0 Å². The van der Waals surface area contributed by atoms with Crippen LogP contribution in [0.3, 0.4) is 0 Å². The van der Waals surface area contributed by atoms with Crippen LogP contribution in [0.15, 0.2) is 61.3 Å². The van der Waals surface area contributed by atoms with E-state index in [-0.39, 0.29) is 11.8 Å². The molecule has 0 aliphatic carbocycles. The minimum atomic E-state index is 0.280. The first-order chi connectivity index (χ1) is 19.5. The maximum Gasteiger partial charge on any atom is 0.116 e. The van der Waals surface area contributed by atoms with Crippen molar-refractivity contribution in [3.63, 3.8) is 0 Å². The van der Waals surface area contributed by atoms with Crippen LogP contribution in [-0.2, 0) is 0 Å². The van der Waals surface area contributed by atoms with Crippen molar-refractivity contribution >= 4 is 65.5 Å². The molecule has 8 rings (SSSR count). The molecule has 4 aromatic heterocycles. The number of nitrogens with one attached hydrogen (secondary N) is 2. The van der Waals surface area contributed by atoms with Crippen LogP contribution in [0.1, 0.15) is 51.2 Å². The lowest BCUT2D eigenvalue weighted by Gasteiger charge is -2.10. The molecule has 40 heavy (non-hydrogen) atoms. The molecule has 8 nitrogen and oxygen atoms in total. The average molecular weight is 523 g/mol. The summed E-state index contributed by atoms with van der Waals surface area (Å²) in [6, 6.07) is 13.1. The van der Waals surface area contributed by atoms with Crippen LogP contribution in [0, 0.1) is 0 Å². The largest absolute Gasteiger partial charge is 0.340 e. The first-order valence-corrected chi connectivity index (χ1v) is 13.6. The molecule has 4 aromatic carbocycles. The molecule has 0 saturated heterocycles. The van der Waals surface area contributed by atoms with Gasteiger partial charge in [-0.1, -0.05) is 52.0 Å². The van der Waals surface area contributed by atoms with Gasteiger partial charge < -0.3 is 9.97 Å². The van der Waals surface area contributed by atoms with Crippen molar-refractivity contribution in [2.24, 2.45) is 0 Å². The van der Waals surface area contributed by atoms with E-state index in [4.69, 9.17) is 19.9 Å². The van der Waals surface area contributed by atoms with Crippen LogP contribution in [0.25, 0.3) is 76.7 Å². The highest BCUT2D eigenvalue weighted by atomic mass is 15.0. The van der Waals surface area contributed by atoms with Crippen LogP contribution in [-0.4, -0.2) is 39.9 Å². The number of rotatable bonds is 3. The zero-order chi connectivity index (χ0) is 27.1. The third-order valence-corrected chi connectivity index (χ3v) is 7.85. The summed E-state index contributed by atoms with van der Waals surface area (Å²) in [4.78, 5) is 35.4. The number of aromatic amines is 2. The minimum Gasteiger partial charge on any atom is -0.340 e. The van der Waals surface area contributed by atoms with Gasteiger partial charge in [0.25, 0.3) is 0 Å². The van der Waals surface area contributed by atoms with E-state index in [2.05, 4.69) is 84.0 Å². The number of benzene rings is 4. The number of imidazole rings is 2. The van der Waals surface area contributed by atoms with Crippen LogP contribution in [0.5, 0.6) is 0 Å². The summed E-state index contributed by atoms with van der Waals surface area (Å²) in [6.07, 6.45) is 6.99. The standard InChI is InChI=1S/C32H26N8/c1-15(2)31-37-26-19-7-5-17(11-21(19)23-13-33-14-36-25(23)29(26)39-31)18-6-8-20-22(12-18)24-28(35-10-9-34-24)30-27(20)38-32(40-30)16(3)4/h5-16H,1-4H3,(H,37,39)(H,38,40). The molecule has 0 bridgehead atoms. The average Bonchev–Trinajstić information content (AvgIpc) is 3.64. The molecule has 4 heterocycles. The Labute approximate surface area is 229 Å². The Balaban J connectivity index is 1.41. The summed E-state index contributed by atoms with van der Waals surface area (Å²) in [5, 5.41) is 5.26. The molecule has 0 aliphatic heterocycles. The second-order valence-corrected chi connectivity index (χ2v) is 11.1. The fourth-order valence-electron chi connectivity index (χ4n) is 5.79. The van der Waals surface area contributed by atoms with Gasteiger partial charge in [0.2, 0.25) is 0 Å². The minimum absolute atomic E-state index is 0.280. The fraction of sp³-hybridized carbons (Fsp3) is 0.188. The highest BCUT2D eigenvalue weighted by Gasteiger charge is 2.18. The van der Waals surface area contributed by atoms with E-state index >= 15 is 0 Å². The summed E-state index contributed by atoms with van der Waals surface area (Å²) < 4.78 is 0. The van der Waals surface area contributed by atoms with E-state index in [9.17, 15) is 0 Å². The fourth-order valence-corrected chi connectivity index (χ4v) is 5.79. The van der Waals surface area contributed by atoms with Gasteiger partial charge in [0.1, 0.15) is 23.5 Å². The number of nitrogens with zero attached hydrogens (tertiary/aromatic N) is 6. The number of H-pyrrole nitrogens is 2. The van der Waals surface area contributed by atoms with Crippen molar-refractivity contribution in [1.29, 1.82) is 0 Å². The highest BCUT2D eigenvalue weighted by molar-refractivity contribution is 6.23. The monoisotopic (exact) mass is 522 g/mol. The molecule has 0 unspecified atom stereocenters. The van der Waals surface area contributed by atoms with Gasteiger partial charge in [-0.15, -0.1) is 0 Å². The molecule has 8 aromatic rings. The zero-order valence-corrected chi connectivity index (χ0v) is 22.6. The van der Waals surface area contributed by atoms with Gasteiger partial charge in [-0.05, 0) is 28.6 Å². The Morgan fingerprint density at radius 2 is 1.12 bits per heavy atom. The molecule has 194 valence electrons. The number of hydrogen-bond donors (Lipinski definition) is 2. The molecule has 0 atom stereocenters. The maximum atomic E-state index is 4.97. The Bertz CT molecular complexity index is 2130. The lowest BCUT2D eigenvalue weighted by atomic mass is 9.96. The molecule has 2 N–H and O–H groups in total. The highest BCUT2D eigenvalue weighted by Crippen LogP contribution is 2.38. The van der Waals surface area contributed by atoms with Crippen molar-refractivity contribution in [3.8, 4) is 11.1 Å². The third kappa shape index (κ3) is 3.19. The smallest absolute Gasteiger partial charge is 0.116 e. The van der Waals surface area contributed by atoms with Crippen molar-refractivity contribution in [3.05, 3.63) is 73.0 Å². The van der Waals surface area contributed by atoms with Crippen molar-refractivity contribution in [1.82, 2.24) is 39.9 Å². The molecule has 0 fully saturated rings. The normalized spacial score (nSPS) is 12.4. The maximum absolute atomic E-state index is 4.97.